The predicted molar refractivity (Wildman–Crippen MR) is 73.2 cm³/mol. The van der Waals surface area contributed by atoms with Crippen molar-refractivity contribution >= 4 is 45.6 Å². The molecule has 0 spiro atoms. The van der Waals surface area contributed by atoms with Crippen molar-refractivity contribution in [1.82, 2.24) is 13.9 Å². The second kappa shape index (κ2) is 5.04. The normalized spacial score (nSPS) is 10.4. The van der Waals surface area contributed by atoms with Crippen LogP contribution in [0.5, 0.6) is 0 Å². The Kier molecular flexibility index (Phi) is 3.66. The number of hydrogen-bond acceptors (Lipinski definition) is 3. The van der Waals surface area contributed by atoms with Crippen molar-refractivity contribution in [3.63, 3.8) is 0 Å². The smallest absolute Gasteiger partial charge is 0.0949 e. The van der Waals surface area contributed by atoms with Gasteiger partial charge in [0.15, 0.2) is 0 Å². The van der Waals surface area contributed by atoms with Crippen LogP contribution in [-0.2, 0) is 6.54 Å². The van der Waals surface area contributed by atoms with Gasteiger partial charge >= 0.3 is 0 Å². The maximum absolute atomic E-state index is 5.99. The first-order chi connectivity index (χ1) is 7.83. The largest absolute Gasteiger partial charge is 0.331 e. The van der Waals surface area contributed by atoms with Gasteiger partial charge in [-0.1, -0.05) is 11.6 Å². The Labute approximate surface area is 114 Å². The summed E-state index contributed by atoms with van der Waals surface area (Å²) in [6, 6.07) is 5.86. The molecule has 0 amide bonds. The molecule has 0 N–H and O–H groups in total. The average Bonchev–Trinajstić information content (AvgIpc) is 2.90. The number of nitrogens with zero attached hydrogens (tertiary/aromatic N) is 3. The molecule has 3 aromatic rings. The molecule has 17 heavy (non-hydrogen) atoms. The molecule has 0 aliphatic carbocycles. The van der Waals surface area contributed by atoms with Gasteiger partial charge in [-0.25, -0.2) is 4.98 Å². The minimum Gasteiger partial charge on any atom is -0.331 e. The summed E-state index contributed by atoms with van der Waals surface area (Å²) in [5.41, 5.74) is 1.04. The molecule has 0 saturated carbocycles. The predicted octanol–water partition coefficient (Wildman–Crippen LogP) is 3.62. The fourth-order valence-electron chi connectivity index (χ4n) is 1.63. The molecule has 0 atom stereocenters. The Morgan fingerprint density at radius 1 is 1.35 bits per heavy atom. The van der Waals surface area contributed by atoms with Crippen molar-refractivity contribution < 1.29 is 0 Å². The lowest BCUT2D eigenvalue weighted by Crippen LogP contribution is -1.96. The van der Waals surface area contributed by atoms with Gasteiger partial charge in [-0.15, -0.1) is 12.4 Å². The van der Waals surface area contributed by atoms with Crippen LogP contribution in [0, 0.1) is 0 Å². The van der Waals surface area contributed by atoms with Crippen molar-refractivity contribution in [2.24, 2.45) is 0 Å². The summed E-state index contributed by atoms with van der Waals surface area (Å²) in [6.07, 6.45) is 5.48. The first kappa shape index (κ1) is 12.4. The molecular weight excluding hydrogens is 277 g/mol. The zero-order valence-electron chi connectivity index (χ0n) is 8.71. The fourth-order valence-corrected chi connectivity index (χ4v) is 2.57. The van der Waals surface area contributed by atoms with Crippen molar-refractivity contribution in [3.05, 3.63) is 47.6 Å². The molecule has 0 fully saturated rings. The van der Waals surface area contributed by atoms with Crippen LogP contribution in [0.25, 0.3) is 10.1 Å². The second-order valence-corrected chi connectivity index (χ2v) is 4.75. The molecule has 0 bridgehead atoms. The van der Waals surface area contributed by atoms with Gasteiger partial charge in [0.25, 0.3) is 0 Å². The van der Waals surface area contributed by atoms with Crippen molar-refractivity contribution in [2.45, 2.75) is 6.54 Å². The van der Waals surface area contributed by atoms with Crippen LogP contribution in [0.3, 0.4) is 0 Å². The summed E-state index contributed by atoms with van der Waals surface area (Å²) in [5.74, 6) is 0. The number of imidazole rings is 1. The summed E-state index contributed by atoms with van der Waals surface area (Å²) in [4.78, 5) is 4.01. The Bertz CT molecular complexity index is 619. The molecule has 0 unspecified atom stereocenters. The van der Waals surface area contributed by atoms with E-state index in [2.05, 4.69) is 9.36 Å². The van der Waals surface area contributed by atoms with E-state index in [0.29, 0.717) is 0 Å². The molecule has 6 heteroatoms. The summed E-state index contributed by atoms with van der Waals surface area (Å²) in [6.45, 7) is 0.736. The monoisotopic (exact) mass is 285 g/mol. The van der Waals surface area contributed by atoms with Crippen molar-refractivity contribution in [1.29, 1.82) is 0 Å². The van der Waals surface area contributed by atoms with Crippen LogP contribution < -0.4 is 0 Å². The van der Waals surface area contributed by atoms with Crippen LogP contribution in [0.4, 0.5) is 0 Å². The zero-order valence-corrected chi connectivity index (χ0v) is 11.1. The van der Waals surface area contributed by atoms with Gasteiger partial charge in [0.1, 0.15) is 0 Å². The van der Waals surface area contributed by atoms with E-state index >= 15 is 0 Å². The van der Waals surface area contributed by atoms with E-state index in [9.17, 15) is 0 Å². The van der Waals surface area contributed by atoms with E-state index < -0.39 is 0 Å². The maximum atomic E-state index is 5.99. The Morgan fingerprint density at radius 2 is 2.24 bits per heavy atom. The highest BCUT2D eigenvalue weighted by atomic mass is 35.5. The zero-order chi connectivity index (χ0) is 11.0. The first-order valence-corrected chi connectivity index (χ1v) is 5.97. The van der Waals surface area contributed by atoms with Crippen LogP contribution >= 0.6 is 35.5 Å². The molecule has 88 valence electrons. The maximum Gasteiger partial charge on any atom is 0.0949 e. The van der Waals surface area contributed by atoms with Crippen molar-refractivity contribution in [3.8, 4) is 0 Å². The number of halogens is 2. The van der Waals surface area contributed by atoms with E-state index in [1.54, 1.807) is 12.5 Å². The number of benzene rings is 1. The Hall–Kier alpha value is -1.10. The highest BCUT2D eigenvalue weighted by Crippen LogP contribution is 2.26. The molecule has 0 saturated heterocycles. The van der Waals surface area contributed by atoms with E-state index in [1.807, 2.05) is 29.0 Å². The SMILES string of the molecule is Cl.Clc1ccc2snc(Cn3ccnc3)c2c1. The van der Waals surface area contributed by atoms with Gasteiger partial charge in [0, 0.05) is 22.8 Å². The minimum absolute atomic E-state index is 0. The van der Waals surface area contributed by atoms with Gasteiger partial charge in [-0.2, -0.15) is 4.37 Å². The molecule has 0 radical (unpaired) electrons. The summed E-state index contributed by atoms with van der Waals surface area (Å²) in [7, 11) is 0. The van der Waals surface area contributed by atoms with E-state index in [4.69, 9.17) is 11.6 Å². The third-order valence-electron chi connectivity index (χ3n) is 2.40. The molecule has 2 aromatic heterocycles. The first-order valence-electron chi connectivity index (χ1n) is 4.82. The van der Waals surface area contributed by atoms with Gasteiger partial charge < -0.3 is 4.57 Å². The second-order valence-electron chi connectivity index (χ2n) is 3.50. The number of aromatic nitrogens is 3. The lowest BCUT2D eigenvalue weighted by atomic mass is 10.2. The third-order valence-corrected chi connectivity index (χ3v) is 3.50. The molecule has 2 heterocycles. The molecule has 1 aromatic carbocycles. The van der Waals surface area contributed by atoms with E-state index in [0.717, 1.165) is 22.6 Å². The molecular formula is C11H9Cl2N3S. The molecule has 0 aliphatic heterocycles. The number of hydrogen-bond donors (Lipinski definition) is 0. The minimum atomic E-state index is 0. The van der Waals surface area contributed by atoms with Gasteiger partial charge in [-0.05, 0) is 29.7 Å². The standard InChI is InChI=1S/C11H8ClN3S.ClH/c12-8-1-2-11-9(5-8)10(14-16-11)6-15-4-3-13-7-15;/h1-5,7H,6H2;1H. The van der Waals surface area contributed by atoms with Crippen LogP contribution in [0.2, 0.25) is 5.02 Å². The van der Waals surface area contributed by atoms with E-state index in [-0.39, 0.29) is 12.4 Å². The fraction of sp³-hybridized carbons (Fsp3) is 0.0909. The Balaban J connectivity index is 0.00000108. The van der Waals surface area contributed by atoms with Gasteiger partial charge in [0.2, 0.25) is 0 Å². The van der Waals surface area contributed by atoms with E-state index in [1.165, 1.54) is 16.2 Å². The Morgan fingerprint density at radius 3 is 3.00 bits per heavy atom. The van der Waals surface area contributed by atoms with Crippen LogP contribution in [-0.4, -0.2) is 13.9 Å². The lowest BCUT2D eigenvalue weighted by molar-refractivity contribution is 0.788. The third kappa shape index (κ3) is 2.44. The number of rotatable bonds is 2. The summed E-state index contributed by atoms with van der Waals surface area (Å²) >= 11 is 7.49. The highest BCUT2D eigenvalue weighted by molar-refractivity contribution is 7.13. The lowest BCUT2D eigenvalue weighted by Gasteiger charge is -1.99. The number of fused-ring (bicyclic) bond motifs is 1. The molecule has 3 rings (SSSR count). The average molecular weight is 286 g/mol. The topological polar surface area (TPSA) is 30.7 Å². The summed E-state index contributed by atoms with van der Waals surface area (Å²) < 4.78 is 7.61. The molecule has 0 aliphatic rings. The molecule has 3 nitrogen and oxygen atoms in total. The van der Waals surface area contributed by atoms with Gasteiger partial charge in [-0.3, -0.25) is 0 Å². The summed E-state index contributed by atoms with van der Waals surface area (Å²) in [5, 5.41) is 1.88. The van der Waals surface area contributed by atoms with Crippen LogP contribution in [0.1, 0.15) is 5.69 Å². The highest BCUT2D eigenvalue weighted by Gasteiger charge is 2.06. The van der Waals surface area contributed by atoms with Crippen LogP contribution in [0.15, 0.2) is 36.9 Å². The van der Waals surface area contributed by atoms with Crippen molar-refractivity contribution in [2.75, 3.05) is 0 Å². The van der Waals surface area contributed by atoms with Gasteiger partial charge in [0.05, 0.1) is 23.3 Å². The quantitative estimate of drug-likeness (QED) is 0.720.